The van der Waals surface area contributed by atoms with Gasteiger partial charge in [0.15, 0.2) is 5.69 Å². The van der Waals surface area contributed by atoms with E-state index in [1.165, 1.54) is 7.05 Å². The molecule has 2 rings (SSSR count). The van der Waals surface area contributed by atoms with Crippen LogP contribution in [0.25, 0.3) is 0 Å². The van der Waals surface area contributed by atoms with Gasteiger partial charge in [0, 0.05) is 19.7 Å². The van der Waals surface area contributed by atoms with Crippen molar-refractivity contribution >= 4 is 17.6 Å². The average molecular weight is 335 g/mol. The second-order valence-electron chi connectivity index (χ2n) is 5.37. The van der Waals surface area contributed by atoms with Crippen molar-refractivity contribution in [2.24, 2.45) is 13.0 Å². The molecule has 1 aromatic rings. The van der Waals surface area contributed by atoms with Crippen molar-refractivity contribution in [1.29, 1.82) is 0 Å². The van der Waals surface area contributed by atoms with E-state index in [1.807, 2.05) is 0 Å². The number of ether oxygens (including phenoxy) is 1. The number of nitrogens with zero attached hydrogens (tertiary/aromatic N) is 2. The van der Waals surface area contributed by atoms with Crippen LogP contribution in [0.2, 0.25) is 0 Å². The van der Waals surface area contributed by atoms with Gasteiger partial charge in [0.05, 0.1) is 24.3 Å². The van der Waals surface area contributed by atoms with Crippen LogP contribution in [-0.4, -0.2) is 39.5 Å². The first-order chi connectivity index (χ1) is 10.7. The number of carboxylic acid groups (broad SMARTS) is 1. The Labute approximate surface area is 129 Å². The summed E-state index contributed by atoms with van der Waals surface area (Å²) < 4.78 is 44.7. The lowest BCUT2D eigenvalue weighted by molar-refractivity contribution is -0.141. The first-order valence-corrected chi connectivity index (χ1v) is 6.92. The zero-order chi connectivity index (χ0) is 17.2. The van der Waals surface area contributed by atoms with Gasteiger partial charge in [-0.15, -0.1) is 0 Å². The minimum Gasteiger partial charge on any atom is -0.481 e. The number of alkyl halides is 3. The maximum atomic E-state index is 12.8. The first kappa shape index (κ1) is 17.3. The van der Waals surface area contributed by atoms with Crippen molar-refractivity contribution < 1.29 is 32.6 Å². The van der Waals surface area contributed by atoms with Gasteiger partial charge in [-0.25, -0.2) is 0 Å². The Morgan fingerprint density at radius 3 is 2.83 bits per heavy atom. The molecule has 128 valence electrons. The fraction of sp³-hybridized carbons (Fsp3) is 0.615. The zero-order valence-corrected chi connectivity index (χ0v) is 12.3. The molecule has 2 atom stereocenters. The van der Waals surface area contributed by atoms with Gasteiger partial charge in [-0.1, -0.05) is 0 Å². The maximum absolute atomic E-state index is 12.8. The Morgan fingerprint density at radius 2 is 2.22 bits per heavy atom. The standard InChI is InChI=1S/C13H16F3N3O4/c1-19-5-9(11(18-19)13(14,15)16)17-12(22)7-4-8(23-6-7)2-3-10(20)21/h5,7-8H,2-4,6H2,1H3,(H,17,22)(H,20,21). The van der Waals surface area contributed by atoms with E-state index < -0.39 is 35.4 Å². The third-order valence-corrected chi connectivity index (χ3v) is 3.49. The highest BCUT2D eigenvalue weighted by Crippen LogP contribution is 2.34. The van der Waals surface area contributed by atoms with E-state index in [9.17, 15) is 22.8 Å². The van der Waals surface area contributed by atoms with Crippen LogP contribution >= 0.6 is 0 Å². The molecule has 0 radical (unpaired) electrons. The lowest BCUT2D eigenvalue weighted by Gasteiger charge is -2.11. The number of halogens is 3. The molecule has 2 heterocycles. The lowest BCUT2D eigenvalue weighted by atomic mass is 10.0. The monoisotopic (exact) mass is 335 g/mol. The number of nitrogens with one attached hydrogen (secondary N) is 1. The van der Waals surface area contributed by atoms with Crippen LogP contribution in [0, 0.1) is 5.92 Å². The summed E-state index contributed by atoms with van der Waals surface area (Å²) in [5.74, 6) is -2.18. The Bertz CT molecular complexity index is 600. The van der Waals surface area contributed by atoms with Crippen LogP contribution in [0.15, 0.2) is 6.20 Å². The summed E-state index contributed by atoms with van der Waals surface area (Å²) in [4.78, 5) is 22.6. The van der Waals surface area contributed by atoms with Gasteiger partial charge in [-0.3, -0.25) is 14.3 Å². The van der Waals surface area contributed by atoms with Crippen LogP contribution in [0.4, 0.5) is 18.9 Å². The first-order valence-electron chi connectivity index (χ1n) is 6.92. The number of carboxylic acids is 1. The van der Waals surface area contributed by atoms with Crippen LogP contribution in [0.1, 0.15) is 25.0 Å². The van der Waals surface area contributed by atoms with Crippen molar-refractivity contribution in [3.63, 3.8) is 0 Å². The summed E-state index contributed by atoms with van der Waals surface area (Å²) in [5.41, 5.74) is -1.56. The number of amides is 1. The minimum absolute atomic E-state index is 0.0533. The summed E-state index contributed by atoms with van der Waals surface area (Å²) in [5, 5.41) is 14.1. The predicted molar refractivity (Wildman–Crippen MR) is 71.6 cm³/mol. The molecule has 2 unspecified atom stereocenters. The Kier molecular flexibility index (Phi) is 4.93. The SMILES string of the molecule is Cn1cc(NC(=O)C2COC(CCC(=O)O)C2)c(C(F)(F)F)n1. The van der Waals surface area contributed by atoms with Gasteiger partial charge in [-0.2, -0.15) is 18.3 Å². The van der Waals surface area contributed by atoms with Crippen LogP contribution in [-0.2, 0) is 27.5 Å². The third-order valence-electron chi connectivity index (χ3n) is 3.49. The zero-order valence-electron chi connectivity index (χ0n) is 12.3. The van der Waals surface area contributed by atoms with Crippen molar-refractivity contribution in [2.75, 3.05) is 11.9 Å². The molecule has 2 N–H and O–H groups in total. The van der Waals surface area contributed by atoms with Gasteiger partial charge in [0.1, 0.15) is 0 Å². The molecule has 0 aromatic carbocycles. The largest absolute Gasteiger partial charge is 0.481 e. The molecule has 0 spiro atoms. The molecule has 1 saturated heterocycles. The van der Waals surface area contributed by atoms with Crippen LogP contribution in [0.5, 0.6) is 0 Å². The van der Waals surface area contributed by atoms with Crippen molar-refractivity contribution in [3.05, 3.63) is 11.9 Å². The van der Waals surface area contributed by atoms with Gasteiger partial charge < -0.3 is 15.2 Å². The predicted octanol–water partition coefficient (Wildman–Crippen LogP) is 1.65. The van der Waals surface area contributed by atoms with Crippen LogP contribution in [0.3, 0.4) is 0 Å². The molecule has 7 nitrogen and oxygen atoms in total. The van der Waals surface area contributed by atoms with Gasteiger partial charge in [0.25, 0.3) is 0 Å². The molecule has 0 aliphatic carbocycles. The van der Waals surface area contributed by atoms with Gasteiger partial charge in [-0.05, 0) is 12.8 Å². The second-order valence-corrected chi connectivity index (χ2v) is 5.37. The van der Waals surface area contributed by atoms with E-state index in [1.54, 1.807) is 0 Å². The highest BCUT2D eigenvalue weighted by Gasteiger charge is 2.39. The average Bonchev–Trinajstić information content (AvgIpc) is 3.02. The number of hydrogen-bond donors (Lipinski definition) is 2. The molecule has 23 heavy (non-hydrogen) atoms. The normalized spacial score (nSPS) is 21.4. The fourth-order valence-corrected chi connectivity index (χ4v) is 2.40. The molecule has 1 amide bonds. The molecular weight excluding hydrogens is 319 g/mol. The summed E-state index contributed by atoms with van der Waals surface area (Å²) in [6, 6.07) is 0. The Hall–Kier alpha value is -2.10. The number of carbonyl (C=O) groups excluding carboxylic acids is 1. The van der Waals surface area contributed by atoms with Crippen molar-refractivity contribution in [1.82, 2.24) is 9.78 Å². The maximum Gasteiger partial charge on any atom is 0.437 e. The lowest BCUT2D eigenvalue weighted by Crippen LogP contribution is -2.24. The quantitative estimate of drug-likeness (QED) is 0.853. The number of aliphatic carboxylic acids is 1. The molecular formula is C13H16F3N3O4. The number of anilines is 1. The van der Waals surface area contributed by atoms with E-state index >= 15 is 0 Å². The Balaban J connectivity index is 1.97. The van der Waals surface area contributed by atoms with E-state index in [0.29, 0.717) is 0 Å². The van der Waals surface area contributed by atoms with Crippen LogP contribution < -0.4 is 5.32 Å². The number of rotatable bonds is 5. The second kappa shape index (κ2) is 6.57. The molecule has 0 bridgehead atoms. The van der Waals surface area contributed by atoms with E-state index in [-0.39, 0.29) is 32.0 Å². The minimum atomic E-state index is -4.67. The summed E-state index contributed by atoms with van der Waals surface area (Å²) in [6.07, 6.45) is -3.50. The van der Waals surface area contributed by atoms with Crippen molar-refractivity contribution in [3.8, 4) is 0 Å². The molecule has 10 heteroatoms. The summed E-state index contributed by atoms with van der Waals surface area (Å²) >= 11 is 0. The van der Waals surface area contributed by atoms with E-state index in [0.717, 1.165) is 10.9 Å². The molecule has 1 fully saturated rings. The van der Waals surface area contributed by atoms with E-state index in [2.05, 4.69) is 10.4 Å². The molecule has 1 aromatic heterocycles. The van der Waals surface area contributed by atoms with Gasteiger partial charge >= 0.3 is 12.1 Å². The topological polar surface area (TPSA) is 93.5 Å². The highest BCUT2D eigenvalue weighted by atomic mass is 19.4. The third kappa shape index (κ3) is 4.44. The molecule has 0 saturated carbocycles. The smallest absolute Gasteiger partial charge is 0.437 e. The number of hydrogen-bond acceptors (Lipinski definition) is 4. The van der Waals surface area contributed by atoms with Crippen molar-refractivity contribution in [2.45, 2.75) is 31.5 Å². The number of aryl methyl sites for hydroxylation is 1. The number of aromatic nitrogens is 2. The van der Waals surface area contributed by atoms with Gasteiger partial charge in [0.2, 0.25) is 5.91 Å². The summed E-state index contributed by atoms with van der Waals surface area (Å²) in [6.45, 7) is 0.0533. The van der Waals surface area contributed by atoms with E-state index in [4.69, 9.17) is 9.84 Å². The molecule has 1 aliphatic heterocycles. The fourth-order valence-electron chi connectivity index (χ4n) is 2.40. The molecule has 1 aliphatic rings. The summed E-state index contributed by atoms with van der Waals surface area (Å²) in [7, 11) is 1.32. The highest BCUT2D eigenvalue weighted by molar-refractivity contribution is 5.93. The Morgan fingerprint density at radius 1 is 1.52 bits per heavy atom. The number of carbonyl (C=O) groups is 2.